The lowest BCUT2D eigenvalue weighted by molar-refractivity contribution is 0.593. The van der Waals surface area contributed by atoms with Crippen LogP contribution in [0.1, 0.15) is 30.9 Å². The monoisotopic (exact) mass is 215 g/mol. The lowest BCUT2D eigenvalue weighted by atomic mass is 10.1. The average Bonchev–Trinajstić information content (AvgIpc) is 2.96. The van der Waals surface area contributed by atoms with Crippen molar-refractivity contribution in [1.29, 1.82) is 0 Å². The molecule has 1 nitrogen and oxygen atoms in total. The molecule has 0 amide bonds. The number of piperidine rings is 1. The van der Waals surface area contributed by atoms with E-state index in [-0.39, 0.29) is 0 Å². The maximum absolute atomic E-state index is 3.74. The van der Waals surface area contributed by atoms with E-state index in [0.29, 0.717) is 0 Å². The van der Waals surface area contributed by atoms with E-state index >= 15 is 0 Å². The molecular weight excluding hydrogens is 194 g/mol. The third-order valence-electron chi connectivity index (χ3n) is 3.47. The van der Waals surface area contributed by atoms with Gasteiger partial charge in [0.25, 0.3) is 0 Å². The molecule has 86 valence electrons. The van der Waals surface area contributed by atoms with Gasteiger partial charge in [-0.2, -0.15) is 0 Å². The molecule has 2 fully saturated rings. The molecule has 0 bridgehead atoms. The second-order valence-electron chi connectivity index (χ2n) is 4.55. The molecule has 1 aromatic rings. The highest BCUT2D eigenvalue weighted by Crippen LogP contribution is 2.28. The number of benzene rings is 1. The van der Waals surface area contributed by atoms with Gasteiger partial charge in [-0.3, -0.25) is 4.90 Å². The smallest absolute Gasteiger partial charge is 0.0224 e. The minimum Gasteiger partial charge on any atom is -0.298 e. The summed E-state index contributed by atoms with van der Waals surface area (Å²) in [5.41, 5.74) is 2.63. The van der Waals surface area contributed by atoms with E-state index in [0.717, 1.165) is 12.5 Å². The lowest BCUT2D eigenvalue weighted by Crippen LogP contribution is -1.90. The first-order valence-corrected chi connectivity index (χ1v) is 6.29. The van der Waals surface area contributed by atoms with Crippen LogP contribution in [0.25, 0.3) is 6.08 Å². The minimum absolute atomic E-state index is 1.05. The van der Waals surface area contributed by atoms with Gasteiger partial charge in [-0.1, -0.05) is 43.8 Å². The summed E-state index contributed by atoms with van der Waals surface area (Å²) >= 11 is 0. The van der Waals surface area contributed by atoms with E-state index in [1.54, 1.807) is 0 Å². The molecule has 0 spiro atoms. The van der Waals surface area contributed by atoms with Crippen molar-refractivity contribution in [2.24, 2.45) is 0 Å². The van der Waals surface area contributed by atoms with Crippen LogP contribution in [0.2, 0.25) is 0 Å². The van der Waals surface area contributed by atoms with Gasteiger partial charge >= 0.3 is 0 Å². The van der Waals surface area contributed by atoms with Gasteiger partial charge in [0.1, 0.15) is 0 Å². The molecule has 2 atom stereocenters. The Morgan fingerprint density at radius 2 is 2.25 bits per heavy atom. The number of hydrogen-bond acceptors (Lipinski definition) is 1. The zero-order valence-electron chi connectivity index (χ0n) is 10.2. The fourth-order valence-electron chi connectivity index (χ4n) is 2.36. The van der Waals surface area contributed by atoms with Crippen molar-refractivity contribution in [3.63, 3.8) is 0 Å². The molecule has 3 rings (SSSR count). The Labute approximate surface area is 98.8 Å². The SMILES string of the molecule is C1CC2CN2C1.C=Cc1ccccc1CC. The number of nitrogens with zero attached hydrogens (tertiary/aromatic N) is 1. The fourth-order valence-corrected chi connectivity index (χ4v) is 2.36. The third-order valence-corrected chi connectivity index (χ3v) is 3.47. The van der Waals surface area contributed by atoms with Crippen LogP contribution in [-0.4, -0.2) is 24.0 Å². The van der Waals surface area contributed by atoms with Gasteiger partial charge in [-0.15, -0.1) is 0 Å². The molecule has 16 heavy (non-hydrogen) atoms. The summed E-state index contributed by atoms with van der Waals surface area (Å²) in [4.78, 5) is 2.53. The Morgan fingerprint density at radius 1 is 1.44 bits per heavy atom. The standard InChI is InChI=1S/C10H12.C5H9N/c1-3-9-7-5-6-8-10(9)4-2;1-2-5-4-6(5)3-1/h3,5-8H,1,4H2,2H3;5H,1-4H2. The normalized spacial score (nSPS) is 25.3. The van der Waals surface area contributed by atoms with Crippen molar-refractivity contribution in [2.75, 3.05) is 13.1 Å². The van der Waals surface area contributed by atoms with E-state index < -0.39 is 0 Å². The van der Waals surface area contributed by atoms with Crippen LogP contribution in [-0.2, 0) is 6.42 Å². The highest BCUT2D eigenvalue weighted by atomic mass is 15.3. The van der Waals surface area contributed by atoms with Gasteiger partial charge in [0, 0.05) is 12.6 Å². The highest BCUT2D eigenvalue weighted by Gasteiger charge is 2.37. The van der Waals surface area contributed by atoms with E-state index in [1.165, 1.54) is 37.1 Å². The largest absolute Gasteiger partial charge is 0.298 e. The van der Waals surface area contributed by atoms with Gasteiger partial charge in [0.15, 0.2) is 0 Å². The molecule has 0 aromatic heterocycles. The third kappa shape index (κ3) is 2.73. The first-order chi connectivity index (χ1) is 7.85. The van der Waals surface area contributed by atoms with Crippen molar-refractivity contribution in [2.45, 2.75) is 32.2 Å². The molecule has 2 aliphatic heterocycles. The van der Waals surface area contributed by atoms with Gasteiger partial charge < -0.3 is 0 Å². The van der Waals surface area contributed by atoms with Crippen LogP contribution in [0, 0.1) is 0 Å². The van der Waals surface area contributed by atoms with Gasteiger partial charge in [-0.25, -0.2) is 0 Å². The quantitative estimate of drug-likeness (QED) is 0.684. The van der Waals surface area contributed by atoms with Crippen LogP contribution in [0.4, 0.5) is 0 Å². The Morgan fingerprint density at radius 3 is 2.62 bits per heavy atom. The molecule has 0 N–H and O–H groups in total. The first kappa shape index (κ1) is 11.4. The molecule has 2 heterocycles. The molecule has 2 unspecified atom stereocenters. The Hall–Kier alpha value is -1.08. The Bertz CT molecular complexity index is 348. The minimum atomic E-state index is 1.05. The summed E-state index contributed by atoms with van der Waals surface area (Å²) in [5, 5.41) is 0. The van der Waals surface area contributed by atoms with E-state index in [4.69, 9.17) is 0 Å². The topological polar surface area (TPSA) is 3.01 Å². The summed E-state index contributed by atoms with van der Waals surface area (Å²) in [7, 11) is 0. The molecule has 2 aliphatic rings. The zero-order valence-corrected chi connectivity index (χ0v) is 10.2. The van der Waals surface area contributed by atoms with Crippen molar-refractivity contribution < 1.29 is 0 Å². The Kier molecular flexibility index (Phi) is 3.79. The number of rotatable bonds is 2. The van der Waals surface area contributed by atoms with Crippen molar-refractivity contribution in [3.8, 4) is 0 Å². The van der Waals surface area contributed by atoms with Crippen LogP contribution >= 0.6 is 0 Å². The average molecular weight is 215 g/mol. The number of fused-ring (bicyclic) bond motifs is 1. The predicted octanol–water partition coefficient (Wildman–Crippen LogP) is 3.36. The van der Waals surface area contributed by atoms with E-state index in [9.17, 15) is 0 Å². The maximum Gasteiger partial charge on any atom is 0.0224 e. The molecule has 1 heteroatoms. The fraction of sp³-hybridized carbons (Fsp3) is 0.467. The molecular formula is C15H21N. The molecule has 2 saturated heterocycles. The van der Waals surface area contributed by atoms with E-state index in [1.807, 2.05) is 12.1 Å². The summed E-state index contributed by atoms with van der Waals surface area (Å²) in [6.07, 6.45) is 5.94. The lowest BCUT2D eigenvalue weighted by Gasteiger charge is -1.99. The number of aryl methyl sites for hydroxylation is 1. The van der Waals surface area contributed by atoms with Crippen molar-refractivity contribution >= 4 is 6.08 Å². The van der Waals surface area contributed by atoms with Crippen molar-refractivity contribution in [3.05, 3.63) is 42.0 Å². The Balaban J connectivity index is 0.000000134. The van der Waals surface area contributed by atoms with Crippen LogP contribution in [0.3, 0.4) is 0 Å². The molecule has 1 aromatic carbocycles. The second kappa shape index (κ2) is 5.31. The molecule has 0 aliphatic carbocycles. The van der Waals surface area contributed by atoms with Gasteiger partial charge in [0.2, 0.25) is 0 Å². The summed E-state index contributed by atoms with van der Waals surface area (Å²) in [6, 6.07) is 9.37. The van der Waals surface area contributed by atoms with E-state index in [2.05, 4.69) is 36.6 Å². The molecule has 0 saturated carbocycles. The molecule has 0 radical (unpaired) electrons. The summed E-state index contributed by atoms with van der Waals surface area (Å²) in [6.45, 7) is 8.70. The van der Waals surface area contributed by atoms with Gasteiger partial charge in [-0.05, 0) is 36.9 Å². The zero-order chi connectivity index (χ0) is 11.4. The van der Waals surface area contributed by atoms with Crippen LogP contribution < -0.4 is 0 Å². The van der Waals surface area contributed by atoms with Crippen LogP contribution in [0.15, 0.2) is 30.8 Å². The first-order valence-electron chi connectivity index (χ1n) is 6.29. The summed E-state index contributed by atoms with van der Waals surface area (Å²) in [5.74, 6) is 0. The second-order valence-corrected chi connectivity index (χ2v) is 4.55. The van der Waals surface area contributed by atoms with Crippen LogP contribution in [0.5, 0.6) is 0 Å². The highest BCUT2D eigenvalue weighted by molar-refractivity contribution is 5.51. The van der Waals surface area contributed by atoms with Crippen molar-refractivity contribution in [1.82, 2.24) is 4.90 Å². The van der Waals surface area contributed by atoms with Gasteiger partial charge in [0.05, 0.1) is 0 Å². The maximum atomic E-state index is 3.74. The number of hydrogen-bond donors (Lipinski definition) is 0. The summed E-state index contributed by atoms with van der Waals surface area (Å²) < 4.78 is 0. The predicted molar refractivity (Wildman–Crippen MR) is 70.5 cm³/mol.